The first-order valence-corrected chi connectivity index (χ1v) is 34.0. The topological polar surface area (TPSA) is 263 Å². The van der Waals surface area contributed by atoms with Gasteiger partial charge in [0.15, 0.2) is 0 Å². The van der Waals surface area contributed by atoms with Gasteiger partial charge in [-0.15, -0.1) is 0 Å². The molecule has 0 saturated heterocycles. The average Bonchev–Trinajstić information content (AvgIpc) is 0.667. The Kier molecular flexibility index (Phi) is 37.2. The van der Waals surface area contributed by atoms with Crippen LogP contribution in [-0.4, -0.2) is 195 Å². The van der Waals surface area contributed by atoms with Gasteiger partial charge in [0, 0.05) is 57.7 Å². The molecular weight excluding hydrogens is 1590 g/mol. The lowest BCUT2D eigenvalue weighted by atomic mass is 9.67. The molecule has 114 heavy (non-hydrogen) atoms. The van der Waals surface area contributed by atoms with Gasteiger partial charge in [0.1, 0.15) is 38.6 Å². The molecular formula is C74H88F20O20. The van der Waals surface area contributed by atoms with E-state index in [2.05, 4.69) is 84.7 Å². The van der Waals surface area contributed by atoms with Crippen LogP contribution in [0.1, 0.15) is 119 Å². The van der Waals surface area contributed by atoms with E-state index < -0.39 is 132 Å². The number of ether oxygens (including phenoxy) is 10. The van der Waals surface area contributed by atoms with Crippen LogP contribution < -0.4 is 0 Å². The van der Waals surface area contributed by atoms with Crippen molar-refractivity contribution in [3.05, 3.63) is 124 Å². The summed E-state index contributed by atoms with van der Waals surface area (Å²) < 4.78 is 328. The van der Waals surface area contributed by atoms with Crippen LogP contribution in [-0.2, 0) is 95.3 Å². The van der Waals surface area contributed by atoms with Crippen LogP contribution >= 0.6 is 0 Å². The van der Waals surface area contributed by atoms with E-state index in [9.17, 15) is 136 Å². The molecule has 5 rings (SSSR count). The minimum absolute atomic E-state index is 0.0889. The van der Waals surface area contributed by atoms with Crippen molar-refractivity contribution in [2.45, 2.75) is 201 Å². The number of esters is 10. The molecule has 0 heterocycles. The molecule has 5 fully saturated rings. The number of alkyl halides is 20. The monoisotopic (exact) mass is 1680 g/mol. The molecule has 0 aromatic rings. The van der Waals surface area contributed by atoms with Crippen molar-refractivity contribution >= 4 is 59.7 Å². The number of rotatable bonds is 28. The van der Waals surface area contributed by atoms with Crippen molar-refractivity contribution in [2.75, 3.05) is 52.9 Å². The van der Waals surface area contributed by atoms with Gasteiger partial charge in [-0.05, 0) is 142 Å². The number of halogens is 20. The van der Waals surface area contributed by atoms with E-state index >= 15 is 0 Å². The normalized spacial score (nSPS) is 27.1. The van der Waals surface area contributed by atoms with Crippen molar-refractivity contribution < 1.29 is 183 Å². The van der Waals surface area contributed by atoms with Gasteiger partial charge in [0.2, 0.25) is 0 Å². The summed E-state index contributed by atoms with van der Waals surface area (Å²) >= 11 is 0. The van der Waals surface area contributed by atoms with E-state index in [0.29, 0.717) is 98.1 Å². The average molecular weight is 1680 g/mol. The van der Waals surface area contributed by atoms with E-state index in [1.165, 1.54) is 12.2 Å². The highest BCUT2D eigenvalue weighted by Crippen LogP contribution is 2.71. The molecule has 0 atom stereocenters. The van der Waals surface area contributed by atoms with Gasteiger partial charge >= 0.3 is 107 Å². The summed E-state index contributed by atoms with van der Waals surface area (Å²) in [6.45, 7) is 30.0. The molecule has 40 heteroatoms. The van der Waals surface area contributed by atoms with Crippen LogP contribution in [0.5, 0.6) is 0 Å². The van der Waals surface area contributed by atoms with Gasteiger partial charge in [0.25, 0.3) is 22.7 Å². The van der Waals surface area contributed by atoms with Crippen molar-refractivity contribution in [3.8, 4) is 0 Å². The predicted molar refractivity (Wildman–Crippen MR) is 361 cm³/mol. The minimum atomic E-state index is -6.87. The van der Waals surface area contributed by atoms with Crippen LogP contribution in [0.3, 0.4) is 0 Å². The van der Waals surface area contributed by atoms with Gasteiger partial charge in [-0.1, -0.05) is 65.8 Å². The van der Waals surface area contributed by atoms with Crippen molar-refractivity contribution in [1.82, 2.24) is 0 Å². The van der Waals surface area contributed by atoms with Crippen LogP contribution in [0.2, 0.25) is 0 Å². The van der Waals surface area contributed by atoms with Crippen LogP contribution in [0, 0.1) is 23.7 Å². The smallest absolute Gasteiger partial charge is 0.356 e. The highest BCUT2D eigenvalue weighted by atomic mass is 19.4. The van der Waals surface area contributed by atoms with Crippen molar-refractivity contribution in [2.24, 2.45) is 23.7 Å². The predicted octanol–water partition coefficient (Wildman–Crippen LogP) is 15.4. The molecule has 644 valence electrons. The van der Waals surface area contributed by atoms with Crippen LogP contribution in [0.25, 0.3) is 0 Å². The Morgan fingerprint density at radius 1 is 0.254 bits per heavy atom. The molecule has 20 nitrogen and oxygen atoms in total. The first-order chi connectivity index (χ1) is 52.0. The fourth-order valence-corrected chi connectivity index (χ4v) is 10.6. The molecule has 0 bridgehead atoms. The number of hydrogen-bond donors (Lipinski definition) is 0. The standard InChI is InChI=1S/C16H14F10O4.C16H24O4.C14H10F10O4.2C14H20O4/c1-7(2)9(27)29-5-11(17)13(19,20)15(23,24)12(18,6-30-10(28)8(3)4)16(25,26)14(11,21)22;1-11(2)15(17)19-9-13-5-7-14(8-6-13)10-20-16(18)12(3)4;1-3-7(25)27-5-9(15)11(17,18)13(21,22)10(16,6-28-8(26)4-2)14(23,24)12(9,19)20;1-9(2)13(15)17-11-5-7-12(8-6-11)18-14(16)10(3)4;1-3-13(15)17-9-11-5-7-12(8-6-11)10-18-14(16)4-2/h1,3,5-6H2,2,4H3;13-14H,1,3,5-10H2,2,4H3;3-4H,1-2,5-6H2;11-12H,1,3,5-8H2,2,4H3;3-4,11-12H,1-2,5-10H2. The molecule has 0 radical (unpaired) electrons. The van der Waals surface area contributed by atoms with Gasteiger partial charge in [0.05, 0.1) is 26.4 Å². The number of carbonyl (C=O) groups is 10. The van der Waals surface area contributed by atoms with E-state index in [-0.39, 0.29) is 60.2 Å². The molecule has 0 N–H and O–H groups in total. The number of hydrogen-bond acceptors (Lipinski definition) is 20. The molecule has 0 aromatic carbocycles. The maximum absolute atomic E-state index is 14.6. The zero-order chi connectivity index (χ0) is 88.7. The van der Waals surface area contributed by atoms with Crippen LogP contribution in [0.15, 0.2) is 124 Å². The minimum Gasteiger partial charge on any atom is -0.462 e. The van der Waals surface area contributed by atoms with E-state index in [0.717, 1.165) is 65.2 Å². The second-order valence-corrected chi connectivity index (χ2v) is 27.1. The lowest BCUT2D eigenvalue weighted by molar-refractivity contribution is -0.465. The SMILES string of the molecule is C=C(C)C(=O)OC1CCC(OC(=O)C(=C)C)CC1.C=C(C)C(=O)OCC1(F)C(F)(F)C(F)(F)C(F)(COC(=O)C(=C)C)C(F)(F)C1(F)F.C=C(C)C(=O)OCC1CCC(COC(=O)C(=C)C)CC1.C=CC(=O)OCC1(F)C(F)(F)C(F)(F)C(F)(COC(=O)C=C)C(F)(F)C1(F)F.C=CC(=O)OCC1CCC(COC(=O)C=C)CC1. The molecule has 5 saturated carbocycles. The fourth-order valence-electron chi connectivity index (χ4n) is 10.6. The summed E-state index contributed by atoms with van der Waals surface area (Å²) in [7, 11) is 0. The lowest BCUT2D eigenvalue weighted by Gasteiger charge is -2.54. The van der Waals surface area contributed by atoms with Gasteiger partial charge in [-0.25, -0.2) is 65.5 Å². The first-order valence-electron chi connectivity index (χ1n) is 34.0. The maximum Gasteiger partial charge on any atom is 0.356 e. The third-order valence-electron chi connectivity index (χ3n) is 17.9. The van der Waals surface area contributed by atoms with E-state index in [1.54, 1.807) is 27.7 Å². The Bertz CT molecular complexity index is 3300. The summed E-state index contributed by atoms with van der Waals surface area (Å²) in [4.78, 5) is 111. The summed E-state index contributed by atoms with van der Waals surface area (Å²) in [5.41, 5.74) is -24.7. The highest BCUT2D eigenvalue weighted by molar-refractivity contribution is 5.89. The highest BCUT2D eigenvalue weighted by Gasteiger charge is 3.02. The summed E-state index contributed by atoms with van der Waals surface area (Å²) in [6, 6.07) is 0. The number of carbonyl (C=O) groups excluding carboxylic acids is 10. The summed E-state index contributed by atoms with van der Waals surface area (Å²) in [6.07, 6.45) is 13.3. The van der Waals surface area contributed by atoms with Crippen molar-refractivity contribution in [1.29, 1.82) is 0 Å². The first kappa shape index (κ1) is 103. The largest absolute Gasteiger partial charge is 0.462 e. The third kappa shape index (κ3) is 23.5. The van der Waals surface area contributed by atoms with E-state index in [4.69, 9.17) is 28.4 Å². The van der Waals surface area contributed by atoms with Crippen LogP contribution in [0.4, 0.5) is 87.8 Å². The van der Waals surface area contributed by atoms with Crippen molar-refractivity contribution in [3.63, 3.8) is 0 Å². The zero-order valence-electron chi connectivity index (χ0n) is 62.7. The molecule has 0 amide bonds. The van der Waals surface area contributed by atoms with E-state index in [1.807, 2.05) is 0 Å². The Labute approximate surface area is 642 Å². The Morgan fingerprint density at radius 3 is 0.588 bits per heavy atom. The molecule has 0 aromatic heterocycles. The Balaban J connectivity index is 0.000000724. The molecule has 5 aliphatic carbocycles. The Hall–Kier alpha value is -9.30. The van der Waals surface area contributed by atoms with Gasteiger partial charge in [-0.2, -0.15) is 70.2 Å². The quantitative estimate of drug-likeness (QED) is 0.0305. The maximum atomic E-state index is 14.6. The zero-order valence-corrected chi connectivity index (χ0v) is 62.7. The second-order valence-electron chi connectivity index (χ2n) is 27.1. The summed E-state index contributed by atoms with van der Waals surface area (Å²) in [5, 5.41) is 0. The second kappa shape index (κ2) is 41.3. The molecule has 0 spiro atoms. The third-order valence-corrected chi connectivity index (χ3v) is 17.9. The molecule has 5 aliphatic rings. The molecule has 0 aliphatic heterocycles. The van der Waals surface area contributed by atoms with Gasteiger partial charge in [-0.3, -0.25) is 0 Å². The fraction of sp³-hybridized carbons (Fsp3) is 0.595. The lowest BCUT2D eigenvalue weighted by Crippen LogP contribution is -2.86. The summed E-state index contributed by atoms with van der Waals surface area (Å²) in [5.74, 6) is -62.8. The molecule has 0 unspecified atom stereocenters. The Morgan fingerprint density at radius 2 is 0.412 bits per heavy atom. The van der Waals surface area contributed by atoms with Gasteiger partial charge < -0.3 is 47.4 Å².